The highest BCUT2D eigenvalue weighted by molar-refractivity contribution is 7.98. The van der Waals surface area contributed by atoms with Crippen molar-refractivity contribution < 1.29 is 9.52 Å². The molecular formula is C12H12O2S. The van der Waals surface area contributed by atoms with Crippen LogP contribution in [0.1, 0.15) is 17.2 Å². The summed E-state index contributed by atoms with van der Waals surface area (Å²) in [6.45, 7) is 0. The van der Waals surface area contributed by atoms with Gasteiger partial charge >= 0.3 is 0 Å². The lowest BCUT2D eigenvalue weighted by atomic mass is 10.0. The van der Waals surface area contributed by atoms with Crippen LogP contribution in [0.4, 0.5) is 0 Å². The van der Waals surface area contributed by atoms with Crippen LogP contribution in [0, 0.1) is 0 Å². The van der Waals surface area contributed by atoms with Gasteiger partial charge in [-0.2, -0.15) is 0 Å². The molecular weight excluding hydrogens is 208 g/mol. The maximum atomic E-state index is 9.98. The van der Waals surface area contributed by atoms with Gasteiger partial charge in [-0.1, -0.05) is 12.1 Å². The van der Waals surface area contributed by atoms with Crippen LogP contribution in [0.3, 0.4) is 0 Å². The largest absolute Gasteiger partial charge is 0.472 e. The lowest BCUT2D eigenvalue weighted by molar-refractivity contribution is 0.219. The van der Waals surface area contributed by atoms with Gasteiger partial charge in [0, 0.05) is 10.5 Å². The topological polar surface area (TPSA) is 33.4 Å². The first-order valence-corrected chi connectivity index (χ1v) is 5.88. The first-order valence-electron chi connectivity index (χ1n) is 4.65. The molecule has 0 saturated carbocycles. The highest BCUT2D eigenvalue weighted by Crippen LogP contribution is 2.24. The van der Waals surface area contributed by atoms with Gasteiger partial charge in [0.15, 0.2) is 0 Å². The number of hydrogen-bond donors (Lipinski definition) is 1. The molecule has 3 heteroatoms. The third-order valence-electron chi connectivity index (χ3n) is 2.29. The SMILES string of the molecule is CSc1ccc([C@@H](O)c2ccoc2)cc1. The number of thioether (sulfide) groups is 1. The molecule has 1 aromatic carbocycles. The van der Waals surface area contributed by atoms with Crippen LogP contribution in [0.2, 0.25) is 0 Å². The van der Waals surface area contributed by atoms with E-state index in [-0.39, 0.29) is 0 Å². The lowest BCUT2D eigenvalue weighted by Crippen LogP contribution is -1.97. The Hall–Kier alpha value is -1.19. The van der Waals surface area contributed by atoms with Gasteiger partial charge in [0.1, 0.15) is 6.10 Å². The van der Waals surface area contributed by atoms with Crippen molar-refractivity contribution in [3.63, 3.8) is 0 Å². The molecule has 1 N–H and O–H groups in total. The zero-order chi connectivity index (χ0) is 10.7. The van der Waals surface area contributed by atoms with Gasteiger partial charge in [-0.05, 0) is 30.0 Å². The van der Waals surface area contributed by atoms with E-state index >= 15 is 0 Å². The third-order valence-corrected chi connectivity index (χ3v) is 3.03. The lowest BCUT2D eigenvalue weighted by Gasteiger charge is -2.08. The average Bonchev–Trinajstić information content (AvgIpc) is 2.82. The predicted octanol–water partition coefficient (Wildman–Crippen LogP) is 3.08. The molecule has 0 aliphatic heterocycles. The summed E-state index contributed by atoms with van der Waals surface area (Å²) in [4.78, 5) is 1.19. The molecule has 1 aromatic heterocycles. The number of aliphatic hydroxyl groups excluding tert-OH is 1. The zero-order valence-electron chi connectivity index (χ0n) is 8.38. The van der Waals surface area contributed by atoms with Crippen LogP contribution >= 0.6 is 11.8 Å². The summed E-state index contributed by atoms with van der Waals surface area (Å²) < 4.78 is 4.94. The van der Waals surface area contributed by atoms with Crippen molar-refractivity contribution in [2.24, 2.45) is 0 Å². The summed E-state index contributed by atoms with van der Waals surface area (Å²) in [5.41, 5.74) is 1.67. The summed E-state index contributed by atoms with van der Waals surface area (Å²) in [6.07, 6.45) is 4.56. The summed E-state index contributed by atoms with van der Waals surface area (Å²) >= 11 is 1.69. The highest BCUT2D eigenvalue weighted by atomic mass is 32.2. The molecule has 0 fully saturated rings. The van der Waals surface area contributed by atoms with E-state index in [4.69, 9.17) is 4.42 Å². The molecule has 0 amide bonds. The molecule has 1 heterocycles. The minimum atomic E-state index is -0.598. The number of benzene rings is 1. The van der Waals surface area contributed by atoms with Gasteiger partial charge in [0.2, 0.25) is 0 Å². The Morgan fingerprint density at radius 1 is 1.13 bits per heavy atom. The van der Waals surface area contributed by atoms with Crippen molar-refractivity contribution in [1.29, 1.82) is 0 Å². The monoisotopic (exact) mass is 220 g/mol. The Labute approximate surface area is 92.9 Å². The van der Waals surface area contributed by atoms with Crippen molar-refractivity contribution in [2.45, 2.75) is 11.0 Å². The van der Waals surface area contributed by atoms with E-state index in [2.05, 4.69) is 0 Å². The molecule has 0 bridgehead atoms. The van der Waals surface area contributed by atoms with E-state index in [0.29, 0.717) is 0 Å². The smallest absolute Gasteiger partial charge is 0.107 e. The first kappa shape index (κ1) is 10.3. The fourth-order valence-electron chi connectivity index (χ4n) is 1.41. The highest BCUT2D eigenvalue weighted by Gasteiger charge is 2.10. The van der Waals surface area contributed by atoms with Gasteiger partial charge < -0.3 is 9.52 Å². The number of hydrogen-bond acceptors (Lipinski definition) is 3. The van der Waals surface area contributed by atoms with Crippen molar-refractivity contribution in [2.75, 3.05) is 6.26 Å². The van der Waals surface area contributed by atoms with Crippen molar-refractivity contribution in [3.05, 3.63) is 54.0 Å². The van der Waals surface area contributed by atoms with Crippen LogP contribution in [0.5, 0.6) is 0 Å². The molecule has 0 aliphatic carbocycles. The Kier molecular flexibility index (Phi) is 3.14. The maximum Gasteiger partial charge on any atom is 0.107 e. The summed E-state index contributed by atoms with van der Waals surface area (Å²) in [5.74, 6) is 0. The van der Waals surface area contributed by atoms with Gasteiger partial charge in [0.25, 0.3) is 0 Å². The Bertz CT molecular complexity index is 406. The molecule has 0 unspecified atom stereocenters. The maximum absolute atomic E-state index is 9.98. The predicted molar refractivity (Wildman–Crippen MR) is 61.0 cm³/mol. The summed E-state index contributed by atoms with van der Waals surface area (Å²) in [7, 11) is 0. The molecule has 1 atom stereocenters. The third kappa shape index (κ3) is 2.25. The van der Waals surface area contributed by atoms with E-state index in [1.165, 1.54) is 4.90 Å². The molecule has 0 saturated heterocycles. The van der Waals surface area contributed by atoms with Crippen LogP contribution in [0.25, 0.3) is 0 Å². The van der Waals surface area contributed by atoms with Gasteiger partial charge in [0.05, 0.1) is 12.5 Å². The second-order valence-corrected chi connectivity index (χ2v) is 4.11. The molecule has 0 aliphatic rings. The average molecular weight is 220 g/mol. The molecule has 0 radical (unpaired) electrons. The molecule has 2 nitrogen and oxygen atoms in total. The van der Waals surface area contributed by atoms with Gasteiger partial charge in [-0.3, -0.25) is 0 Å². The van der Waals surface area contributed by atoms with Crippen molar-refractivity contribution in [3.8, 4) is 0 Å². The minimum Gasteiger partial charge on any atom is -0.472 e. The number of aliphatic hydroxyl groups is 1. The van der Waals surface area contributed by atoms with E-state index < -0.39 is 6.10 Å². The van der Waals surface area contributed by atoms with E-state index in [9.17, 15) is 5.11 Å². The van der Waals surface area contributed by atoms with Crippen LogP contribution in [0.15, 0.2) is 52.2 Å². The first-order chi connectivity index (χ1) is 7.31. The van der Waals surface area contributed by atoms with Crippen LogP contribution < -0.4 is 0 Å². The fourth-order valence-corrected chi connectivity index (χ4v) is 1.82. The van der Waals surface area contributed by atoms with Crippen LogP contribution in [-0.2, 0) is 0 Å². The normalized spacial score (nSPS) is 12.7. The van der Waals surface area contributed by atoms with E-state index in [1.807, 2.05) is 30.5 Å². The van der Waals surface area contributed by atoms with Crippen molar-refractivity contribution >= 4 is 11.8 Å². The van der Waals surface area contributed by atoms with Crippen LogP contribution in [-0.4, -0.2) is 11.4 Å². The summed E-state index contributed by atoms with van der Waals surface area (Å²) in [5, 5.41) is 9.98. The van der Waals surface area contributed by atoms with Crippen molar-refractivity contribution in [1.82, 2.24) is 0 Å². The zero-order valence-corrected chi connectivity index (χ0v) is 9.20. The molecule has 2 rings (SSSR count). The fraction of sp³-hybridized carbons (Fsp3) is 0.167. The van der Waals surface area contributed by atoms with Gasteiger partial charge in [-0.15, -0.1) is 11.8 Å². The minimum absolute atomic E-state index is 0.598. The van der Waals surface area contributed by atoms with E-state index in [0.717, 1.165) is 11.1 Å². The second-order valence-electron chi connectivity index (χ2n) is 3.23. The molecule has 2 aromatic rings. The molecule has 0 spiro atoms. The van der Waals surface area contributed by atoms with Gasteiger partial charge in [-0.25, -0.2) is 0 Å². The quantitative estimate of drug-likeness (QED) is 0.807. The Morgan fingerprint density at radius 2 is 1.87 bits per heavy atom. The standard InChI is InChI=1S/C12H12O2S/c1-15-11-4-2-9(3-5-11)12(13)10-6-7-14-8-10/h2-8,12-13H,1H3/t12-/m1/s1. The molecule has 15 heavy (non-hydrogen) atoms. The Balaban J connectivity index is 2.22. The summed E-state index contributed by atoms with van der Waals surface area (Å²) in [6, 6.07) is 9.65. The Morgan fingerprint density at radius 3 is 2.40 bits per heavy atom. The number of rotatable bonds is 3. The number of furan rings is 1. The molecule has 78 valence electrons. The van der Waals surface area contributed by atoms with E-state index in [1.54, 1.807) is 30.4 Å². The second kappa shape index (κ2) is 4.55.